The molecule has 0 bridgehead atoms. The van der Waals surface area contributed by atoms with Gasteiger partial charge in [-0.1, -0.05) is 29.8 Å². The maximum Gasteiger partial charge on any atom is 0.124 e. The highest BCUT2D eigenvalue weighted by molar-refractivity contribution is 5.35. The smallest absolute Gasteiger partial charge is 0.124 e. The Bertz CT molecular complexity index is 338. The Balaban J connectivity index is 2.81. The number of ether oxygens (including phenoxy) is 1. The first kappa shape index (κ1) is 11.8. The van der Waals surface area contributed by atoms with Gasteiger partial charge in [-0.15, -0.1) is 0 Å². The maximum atomic E-state index is 9.96. The van der Waals surface area contributed by atoms with E-state index in [1.807, 2.05) is 44.2 Å². The number of aliphatic hydroxyl groups is 1. The third-order valence-electron chi connectivity index (χ3n) is 2.25. The van der Waals surface area contributed by atoms with E-state index in [2.05, 4.69) is 0 Å². The van der Waals surface area contributed by atoms with E-state index in [1.165, 1.54) is 5.57 Å². The van der Waals surface area contributed by atoms with Gasteiger partial charge in [0.15, 0.2) is 0 Å². The summed E-state index contributed by atoms with van der Waals surface area (Å²) in [6.07, 6.45) is 2.16. The quantitative estimate of drug-likeness (QED) is 0.767. The van der Waals surface area contributed by atoms with Crippen LogP contribution in [0.2, 0.25) is 0 Å². The molecule has 0 radical (unpaired) electrons. The lowest BCUT2D eigenvalue weighted by Crippen LogP contribution is -1.99. The minimum absolute atomic E-state index is 0.490. The molecule has 0 aromatic heterocycles. The molecule has 2 heteroatoms. The summed E-state index contributed by atoms with van der Waals surface area (Å²) in [5.41, 5.74) is 2.06. The largest absolute Gasteiger partial charge is 0.496 e. The zero-order chi connectivity index (χ0) is 11.3. The van der Waals surface area contributed by atoms with Gasteiger partial charge < -0.3 is 9.84 Å². The van der Waals surface area contributed by atoms with E-state index in [9.17, 15) is 5.11 Å². The molecular formula is C13H18O2. The fraction of sp³-hybridized carbons (Fsp3) is 0.385. The van der Waals surface area contributed by atoms with Gasteiger partial charge in [-0.05, 0) is 26.3 Å². The van der Waals surface area contributed by atoms with E-state index < -0.39 is 6.10 Å². The molecule has 0 aliphatic heterocycles. The molecule has 1 rings (SSSR count). The number of allylic oxidation sites excluding steroid dienone is 1. The minimum Gasteiger partial charge on any atom is -0.496 e. The van der Waals surface area contributed by atoms with E-state index in [4.69, 9.17) is 4.74 Å². The molecule has 0 aliphatic rings. The summed E-state index contributed by atoms with van der Waals surface area (Å²) in [5, 5.41) is 9.96. The Kier molecular flexibility index (Phi) is 4.37. The van der Waals surface area contributed by atoms with E-state index in [1.54, 1.807) is 7.11 Å². The lowest BCUT2D eigenvalue weighted by molar-refractivity contribution is 0.177. The van der Waals surface area contributed by atoms with Crippen LogP contribution in [0.3, 0.4) is 0 Å². The Morgan fingerprint density at radius 1 is 1.40 bits per heavy atom. The molecule has 0 saturated heterocycles. The summed E-state index contributed by atoms with van der Waals surface area (Å²) < 4.78 is 5.19. The summed E-state index contributed by atoms with van der Waals surface area (Å²) in [5.74, 6) is 0.743. The SMILES string of the molecule is COc1ccccc1C(O)CC=C(C)C. The number of aliphatic hydroxyl groups excluding tert-OH is 1. The minimum atomic E-state index is -0.490. The van der Waals surface area contributed by atoms with Crippen molar-refractivity contribution in [2.24, 2.45) is 0 Å². The van der Waals surface area contributed by atoms with Gasteiger partial charge in [-0.3, -0.25) is 0 Å². The number of para-hydroxylation sites is 1. The molecule has 0 spiro atoms. The summed E-state index contributed by atoms with van der Waals surface area (Å²) in [6.45, 7) is 4.05. The van der Waals surface area contributed by atoms with Crippen LogP contribution in [0.15, 0.2) is 35.9 Å². The number of rotatable bonds is 4. The van der Waals surface area contributed by atoms with Gasteiger partial charge in [0.25, 0.3) is 0 Å². The van der Waals surface area contributed by atoms with Crippen LogP contribution in [0.4, 0.5) is 0 Å². The molecular weight excluding hydrogens is 188 g/mol. The van der Waals surface area contributed by atoms with Crippen LogP contribution in [0.5, 0.6) is 5.75 Å². The van der Waals surface area contributed by atoms with E-state index in [-0.39, 0.29) is 0 Å². The Hall–Kier alpha value is -1.28. The van der Waals surface area contributed by atoms with E-state index in [0.29, 0.717) is 6.42 Å². The van der Waals surface area contributed by atoms with Crippen LogP contribution in [-0.2, 0) is 0 Å². The third-order valence-corrected chi connectivity index (χ3v) is 2.25. The van der Waals surface area contributed by atoms with Gasteiger partial charge in [0.05, 0.1) is 13.2 Å². The molecule has 1 aromatic rings. The van der Waals surface area contributed by atoms with Gasteiger partial charge in [0.1, 0.15) is 5.75 Å². The molecule has 0 fully saturated rings. The number of methoxy groups -OCH3 is 1. The summed E-state index contributed by atoms with van der Waals surface area (Å²) in [7, 11) is 1.62. The summed E-state index contributed by atoms with van der Waals surface area (Å²) in [6, 6.07) is 7.56. The first-order valence-corrected chi connectivity index (χ1v) is 5.09. The maximum absolute atomic E-state index is 9.96. The fourth-order valence-electron chi connectivity index (χ4n) is 1.42. The first-order valence-electron chi connectivity index (χ1n) is 5.09. The average molecular weight is 206 g/mol. The standard InChI is InChI=1S/C13H18O2/c1-10(2)8-9-12(14)11-6-4-5-7-13(11)15-3/h4-8,12,14H,9H2,1-3H3. The van der Waals surface area contributed by atoms with Crippen LogP contribution >= 0.6 is 0 Å². The van der Waals surface area contributed by atoms with Crippen molar-refractivity contribution in [3.05, 3.63) is 41.5 Å². The van der Waals surface area contributed by atoms with Gasteiger partial charge in [0, 0.05) is 5.56 Å². The third kappa shape index (κ3) is 3.40. The highest BCUT2D eigenvalue weighted by atomic mass is 16.5. The van der Waals surface area contributed by atoms with Crippen molar-refractivity contribution in [3.63, 3.8) is 0 Å². The number of hydrogen-bond acceptors (Lipinski definition) is 2. The summed E-state index contributed by atoms with van der Waals surface area (Å²) in [4.78, 5) is 0. The van der Waals surface area contributed by atoms with Crippen molar-refractivity contribution in [1.29, 1.82) is 0 Å². The molecule has 82 valence electrons. The lowest BCUT2D eigenvalue weighted by atomic mass is 10.0. The monoisotopic (exact) mass is 206 g/mol. The molecule has 1 unspecified atom stereocenters. The van der Waals surface area contributed by atoms with Crippen molar-refractivity contribution in [2.75, 3.05) is 7.11 Å². The van der Waals surface area contributed by atoms with Gasteiger partial charge >= 0.3 is 0 Å². The van der Waals surface area contributed by atoms with E-state index in [0.717, 1.165) is 11.3 Å². The van der Waals surface area contributed by atoms with Crippen molar-refractivity contribution in [1.82, 2.24) is 0 Å². The highest BCUT2D eigenvalue weighted by Crippen LogP contribution is 2.27. The second-order valence-electron chi connectivity index (χ2n) is 3.77. The van der Waals surface area contributed by atoms with Crippen molar-refractivity contribution in [3.8, 4) is 5.75 Å². The van der Waals surface area contributed by atoms with Crippen LogP contribution < -0.4 is 4.74 Å². The Morgan fingerprint density at radius 3 is 2.67 bits per heavy atom. The van der Waals surface area contributed by atoms with Crippen LogP contribution in [0.1, 0.15) is 31.9 Å². The molecule has 0 aliphatic carbocycles. The molecule has 2 nitrogen and oxygen atoms in total. The van der Waals surface area contributed by atoms with Crippen LogP contribution in [-0.4, -0.2) is 12.2 Å². The van der Waals surface area contributed by atoms with Gasteiger partial charge in [-0.25, -0.2) is 0 Å². The van der Waals surface area contributed by atoms with Crippen molar-refractivity contribution < 1.29 is 9.84 Å². The van der Waals surface area contributed by atoms with Gasteiger partial charge in [0.2, 0.25) is 0 Å². The summed E-state index contributed by atoms with van der Waals surface area (Å²) >= 11 is 0. The predicted molar refractivity (Wildman–Crippen MR) is 62.0 cm³/mol. The Labute approximate surface area is 91.2 Å². The van der Waals surface area contributed by atoms with Gasteiger partial charge in [-0.2, -0.15) is 0 Å². The molecule has 0 amide bonds. The zero-order valence-electron chi connectivity index (χ0n) is 9.53. The normalized spacial score (nSPS) is 12.0. The molecule has 1 aromatic carbocycles. The topological polar surface area (TPSA) is 29.5 Å². The average Bonchev–Trinajstić information content (AvgIpc) is 2.25. The highest BCUT2D eigenvalue weighted by Gasteiger charge is 2.10. The van der Waals surface area contributed by atoms with Crippen molar-refractivity contribution in [2.45, 2.75) is 26.4 Å². The molecule has 0 saturated carbocycles. The number of hydrogen-bond donors (Lipinski definition) is 1. The zero-order valence-corrected chi connectivity index (χ0v) is 9.53. The molecule has 1 N–H and O–H groups in total. The van der Waals surface area contributed by atoms with Crippen LogP contribution in [0, 0.1) is 0 Å². The second kappa shape index (κ2) is 5.56. The van der Waals surface area contributed by atoms with Crippen molar-refractivity contribution >= 4 is 0 Å². The number of benzene rings is 1. The molecule has 1 atom stereocenters. The lowest BCUT2D eigenvalue weighted by Gasteiger charge is -2.13. The van der Waals surface area contributed by atoms with Crippen LogP contribution in [0.25, 0.3) is 0 Å². The first-order chi connectivity index (χ1) is 7.15. The molecule has 0 heterocycles. The fourth-order valence-corrected chi connectivity index (χ4v) is 1.42. The second-order valence-corrected chi connectivity index (χ2v) is 3.77. The van der Waals surface area contributed by atoms with E-state index >= 15 is 0 Å². The Morgan fingerprint density at radius 2 is 2.07 bits per heavy atom. The molecule has 15 heavy (non-hydrogen) atoms. The predicted octanol–water partition coefficient (Wildman–Crippen LogP) is 3.08.